The normalized spacial score (nSPS) is 9.12. The first kappa shape index (κ1) is 5.56. The smallest absolute Gasteiger partial charge is 0.115 e. The van der Waals surface area contributed by atoms with Crippen molar-refractivity contribution in [1.82, 2.24) is 9.97 Å². The van der Waals surface area contributed by atoms with Gasteiger partial charge in [0.2, 0.25) is 0 Å². The van der Waals surface area contributed by atoms with Crippen LogP contribution in [0.5, 0.6) is 0 Å². The van der Waals surface area contributed by atoms with Crippen LogP contribution in [0.4, 0.5) is 0 Å². The predicted octanol–water partition coefficient (Wildman–Crippen LogP) is 0.906. The highest BCUT2D eigenvalue weighted by Crippen LogP contribution is 1.93. The lowest BCUT2D eigenvalue weighted by molar-refractivity contribution is 1.09. The van der Waals surface area contributed by atoms with E-state index in [-0.39, 0.29) is 0 Å². The summed E-state index contributed by atoms with van der Waals surface area (Å²) in [5.41, 5.74) is 0.961. The molecule has 0 aliphatic rings. The van der Waals surface area contributed by atoms with E-state index >= 15 is 0 Å². The number of hydrogen-bond donors (Lipinski definition) is 1. The van der Waals surface area contributed by atoms with Crippen molar-refractivity contribution < 1.29 is 0 Å². The van der Waals surface area contributed by atoms with Crippen molar-refractivity contribution in [2.24, 2.45) is 0 Å². The Hall–Kier alpha value is -0.570. The van der Waals surface area contributed by atoms with Crippen LogP contribution in [0.1, 0.15) is 5.69 Å². The standard InChI is InChI=1S/C5H6N2S/c8-3-5-1-2-6-4-7-5/h1-2,4,8H,3H2. The Labute approximate surface area is 53.4 Å². The van der Waals surface area contributed by atoms with Crippen molar-refractivity contribution in [1.29, 1.82) is 0 Å². The van der Waals surface area contributed by atoms with Crippen LogP contribution in [0.3, 0.4) is 0 Å². The van der Waals surface area contributed by atoms with Crippen molar-refractivity contribution in [3.8, 4) is 0 Å². The van der Waals surface area contributed by atoms with E-state index in [2.05, 4.69) is 22.6 Å². The molecule has 0 aromatic carbocycles. The molecule has 42 valence electrons. The third-order valence-corrected chi connectivity index (χ3v) is 1.13. The highest BCUT2D eigenvalue weighted by molar-refractivity contribution is 7.79. The molecule has 0 radical (unpaired) electrons. The summed E-state index contributed by atoms with van der Waals surface area (Å²) in [6, 6.07) is 1.84. The molecule has 0 bridgehead atoms. The number of nitrogens with zero attached hydrogens (tertiary/aromatic N) is 2. The summed E-state index contributed by atoms with van der Waals surface area (Å²) in [5.74, 6) is 0.683. The quantitative estimate of drug-likeness (QED) is 0.566. The molecule has 3 heteroatoms. The van der Waals surface area contributed by atoms with E-state index in [0.717, 1.165) is 5.69 Å². The lowest BCUT2D eigenvalue weighted by atomic mass is 10.5. The zero-order valence-electron chi connectivity index (χ0n) is 4.28. The second-order valence-electron chi connectivity index (χ2n) is 1.36. The number of hydrogen-bond acceptors (Lipinski definition) is 3. The molecule has 0 aliphatic carbocycles. The molecule has 8 heavy (non-hydrogen) atoms. The number of rotatable bonds is 1. The molecule has 1 heterocycles. The first-order valence-electron chi connectivity index (χ1n) is 2.29. The third kappa shape index (κ3) is 1.20. The van der Waals surface area contributed by atoms with Crippen molar-refractivity contribution in [2.75, 3.05) is 0 Å². The summed E-state index contributed by atoms with van der Waals surface area (Å²) in [5, 5.41) is 0. The van der Waals surface area contributed by atoms with Crippen molar-refractivity contribution >= 4 is 12.6 Å². The van der Waals surface area contributed by atoms with Gasteiger partial charge in [0.1, 0.15) is 6.33 Å². The highest BCUT2D eigenvalue weighted by atomic mass is 32.1. The summed E-state index contributed by atoms with van der Waals surface area (Å²) in [7, 11) is 0. The molecule has 1 rings (SSSR count). The minimum Gasteiger partial charge on any atom is -0.245 e. The first-order valence-corrected chi connectivity index (χ1v) is 2.92. The molecule has 0 atom stereocenters. The molecule has 1 aromatic rings. The largest absolute Gasteiger partial charge is 0.245 e. The van der Waals surface area contributed by atoms with E-state index in [1.807, 2.05) is 6.07 Å². The van der Waals surface area contributed by atoms with Gasteiger partial charge in [-0.25, -0.2) is 9.97 Å². The fraction of sp³-hybridized carbons (Fsp3) is 0.200. The summed E-state index contributed by atoms with van der Waals surface area (Å²) in [6.07, 6.45) is 3.23. The maximum absolute atomic E-state index is 4.02. The maximum Gasteiger partial charge on any atom is 0.115 e. The number of aromatic nitrogens is 2. The fourth-order valence-corrected chi connectivity index (χ4v) is 0.599. The lowest BCUT2D eigenvalue weighted by Gasteiger charge is -1.87. The van der Waals surface area contributed by atoms with E-state index in [9.17, 15) is 0 Å². The minimum atomic E-state index is 0.683. The molecule has 1 aromatic heterocycles. The van der Waals surface area contributed by atoms with Crippen LogP contribution in [0.25, 0.3) is 0 Å². The van der Waals surface area contributed by atoms with Gasteiger partial charge in [-0.05, 0) is 6.07 Å². The minimum absolute atomic E-state index is 0.683. The molecule has 0 aliphatic heterocycles. The van der Waals surface area contributed by atoms with E-state index < -0.39 is 0 Å². The van der Waals surface area contributed by atoms with Crippen molar-refractivity contribution in [2.45, 2.75) is 5.75 Å². The molecular formula is C5H6N2S. The molecule has 0 saturated heterocycles. The zero-order valence-corrected chi connectivity index (χ0v) is 5.18. The van der Waals surface area contributed by atoms with Gasteiger partial charge in [-0.15, -0.1) is 0 Å². The van der Waals surface area contributed by atoms with Gasteiger partial charge >= 0.3 is 0 Å². The van der Waals surface area contributed by atoms with Crippen LogP contribution < -0.4 is 0 Å². The average molecular weight is 126 g/mol. The molecule has 0 fully saturated rings. The topological polar surface area (TPSA) is 25.8 Å². The zero-order chi connectivity index (χ0) is 5.82. The molecule has 0 spiro atoms. The SMILES string of the molecule is SCc1ccncn1. The molecule has 0 unspecified atom stereocenters. The average Bonchev–Trinajstić information content (AvgIpc) is 1.90. The van der Waals surface area contributed by atoms with Gasteiger partial charge in [0.25, 0.3) is 0 Å². The lowest BCUT2D eigenvalue weighted by Crippen LogP contribution is -1.82. The Morgan fingerprint density at radius 3 is 2.88 bits per heavy atom. The van der Waals surface area contributed by atoms with Gasteiger partial charge in [0, 0.05) is 11.9 Å². The van der Waals surface area contributed by atoms with Crippen LogP contribution in [-0.2, 0) is 5.75 Å². The van der Waals surface area contributed by atoms with Gasteiger partial charge < -0.3 is 0 Å². The van der Waals surface area contributed by atoms with Crippen LogP contribution in [0, 0.1) is 0 Å². The highest BCUT2D eigenvalue weighted by Gasteiger charge is 1.83. The van der Waals surface area contributed by atoms with Gasteiger partial charge in [-0.3, -0.25) is 0 Å². The van der Waals surface area contributed by atoms with Crippen LogP contribution in [-0.4, -0.2) is 9.97 Å². The first-order chi connectivity index (χ1) is 3.93. The van der Waals surface area contributed by atoms with Gasteiger partial charge in [0.15, 0.2) is 0 Å². The van der Waals surface area contributed by atoms with E-state index in [0.29, 0.717) is 5.75 Å². The fourth-order valence-electron chi connectivity index (χ4n) is 0.412. The Balaban J connectivity index is 2.83. The Morgan fingerprint density at radius 1 is 1.62 bits per heavy atom. The summed E-state index contributed by atoms with van der Waals surface area (Å²) in [6.45, 7) is 0. The molecule has 0 N–H and O–H groups in total. The van der Waals surface area contributed by atoms with Gasteiger partial charge in [-0.2, -0.15) is 12.6 Å². The Bertz CT molecular complexity index is 152. The second-order valence-corrected chi connectivity index (χ2v) is 1.68. The van der Waals surface area contributed by atoms with E-state index in [1.165, 1.54) is 6.33 Å². The second kappa shape index (κ2) is 2.67. The van der Waals surface area contributed by atoms with E-state index in [1.54, 1.807) is 6.20 Å². The Morgan fingerprint density at radius 2 is 2.50 bits per heavy atom. The van der Waals surface area contributed by atoms with Crippen LogP contribution in [0.15, 0.2) is 18.6 Å². The monoisotopic (exact) mass is 126 g/mol. The van der Waals surface area contributed by atoms with Crippen molar-refractivity contribution in [3.05, 3.63) is 24.3 Å². The molecule has 2 nitrogen and oxygen atoms in total. The van der Waals surface area contributed by atoms with Gasteiger partial charge in [0.05, 0.1) is 5.69 Å². The van der Waals surface area contributed by atoms with Gasteiger partial charge in [-0.1, -0.05) is 0 Å². The summed E-state index contributed by atoms with van der Waals surface area (Å²) >= 11 is 4.02. The third-order valence-electron chi connectivity index (χ3n) is 0.805. The predicted molar refractivity (Wildman–Crippen MR) is 34.7 cm³/mol. The maximum atomic E-state index is 4.02. The number of thiol groups is 1. The molecule has 0 amide bonds. The Kier molecular flexibility index (Phi) is 1.86. The molecular weight excluding hydrogens is 120 g/mol. The summed E-state index contributed by atoms with van der Waals surface area (Å²) < 4.78 is 0. The van der Waals surface area contributed by atoms with Crippen molar-refractivity contribution in [3.63, 3.8) is 0 Å². The molecule has 0 saturated carbocycles. The van der Waals surface area contributed by atoms with E-state index in [4.69, 9.17) is 0 Å². The van der Waals surface area contributed by atoms with Crippen LogP contribution in [0.2, 0.25) is 0 Å². The van der Waals surface area contributed by atoms with Crippen LogP contribution >= 0.6 is 12.6 Å². The summed E-state index contributed by atoms with van der Waals surface area (Å²) in [4.78, 5) is 7.66.